The van der Waals surface area contributed by atoms with E-state index in [2.05, 4.69) is 5.32 Å². The van der Waals surface area contributed by atoms with Crippen molar-refractivity contribution in [2.24, 2.45) is 0 Å². The van der Waals surface area contributed by atoms with Crippen LogP contribution < -0.4 is 9.62 Å². The monoisotopic (exact) mass is 691 g/mol. The molecule has 0 unspecified atom stereocenters. The zero-order chi connectivity index (χ0) is 33.4. The second kappa shape index (κ2) is 15.8. The SMILES string of the molecule is Cc1ccc(S(=O)(=O)N(CC(=O)N(Cc2cccc(Cl)c2)[C@@H](Cc2ccccc2)C(=O)NC2CCCCC2)c2cccc(Cl)c2)cc1. The number of nitrogens with zero attached hydrogens (tertiary/aromatic N) is 2. The van der Waals surface area contributed by atoms with E-state index in [1.54, 1.807) is 48.5 Å². The molecule has 4 aromatic carbocycles. The molecule has 1 aliphatic rings. The van der Waals surface area contributed by atoms with Gasteiger partial charge in [-0.3, -0.25) is 13.9 Å². The summed E-state index contributed by atoms with van der Waals surface area (Å²) < 4.78 is 29.4. The number of carbonyl (C=O) groups excluding carboxylic acids is 2. The number of rotatable bonds is 12. The van der Waals surface area contributed by atoms with Gasteiger partial charge < -0.3 is 10.2 Å². The van der Waals surface area contributed by atoms with Crippen molar-refractivity contribution in [3.8, 4) is 0 Å². The topological polar surface area (TPSA) is 86.8 Å². The molecule has 4 aromatic rings. The quantitative estimate of drug-likeness (QED) is 0.166. The van der Waals surface area contributed by atoms with E-state index in [9.17, 15) is 18.0 Å². The number of aryl methyl sites for hydroxylation is 1. The maximum atomic E-state index is 14.6. The molecule has 1 fully saturated rings. The van der Waals surface area contributed by atoms with Crippen molar-refractivity contribution in [1.29, 1.82) is 0 Å². The molecule has 0 aliphatic heterocycles. The van der Waals surface area contributed by atoms with Crippen LogP contribution in [-0.4, -0.2) is 43.8 Å². The van der Waals surface area contributed by atoms with Crippen molar-refractivity contribution in [2.45, 2.75) is 69.0 Å². The van der Waals surface area contributed by atoms with Crippen LogP contribution in [0.2, 0.25) is 10.0 Å². The van der Waals surface area contributed by atoms with Gasteiger partial charge in [0.05, 0.1) is 10.6 Å². The van der Waals surface area contributed by atoms with Crippen molar-refractivity contribution in [3.05, 3.63) is 130 Å². The third-order valence-corrected chi connectivity index (χ3v) is 10.7. The molecule has 5 rings (SSSR count). The molecular weight excluding hydrogens is 653 g/mol. The van der Waals surface area contributed by atoms with Gasteiger partial charge in [-0.25, -0.2) is 8.42 Å². The number of carbonyl (C=O) groups is 2. The first-order chi connectivity index (χ1) is 22.6. The van der Waals surface area contributed by atoms with Gasteiger partial charge in [-0.1, -0.05) is 109 Å². The highest BCUT2D eigenvalue weighted by molar-refractivity contribution is 7.92. The molecule has 10 heteroatoms. The van der Waals surface area contributed by atoms with E-state index >= 15 is 0 Å². The summed E-state index contributed by atoms with van der Waals surface area (Å²) in [6.45, 7) is 1.36. The summed E-state index contributed by atoms with van der Waals surface area (Å²) in [4.78, 5) is 30.3. The van der Waals surface area contributed by atoms with E-state index in [-0.39, 0.29) is 35.5 Å². The first-order valence-corrected chi connectivity index (χ1v) is 18.0. The van der Waals surface area contributed by atoms with Crippen LogP contribution in [0.4, 0.5) is 5.69 Å². The Bertz CT molecular complexity index is 1780. The lowest BCUT2D eigenvalue weighted by atomic mass is 9.94. The Morgan fingerprint density at radius 2 is 1.45 bits per heavy atom. The molecule has 1 atom stereocenters. The van der Waals surface area contributed by atoms with Gasteiger partial charge in [-0.05, 0) is 73.4 Å². The average Bonchev–Trinajstić information content (AvgIpc) is 3.06. The summed E-state index contributed by atoms with van der Waals surface area (Å²) in [5, 5.41) is 4.03. The highest BCUT2D eigenvalue weighted by Crippen LogP contribution is 2.28. The summed E-state index contributed by atoms with van der Waals surface area (Å²) in [5.41, 5.74) is 2.72. The molecule has 7 nitrogen and oxygen atoms in total. The summed E-state index contributed by atoms with van der Waals surface area (Å²) in [6, 6.07) is 28.6. The summed E-state index contributed by atoms with van der Waals surface area (Å²) in [7, 11) is -4.22. The smallest absolute Gasteiger partial charge is 0.264 e. The van der Waals surface area contributed by atoms with E-state index in [0.29, 0.717) is 15.6 Å². The summed E-state index contributed by atoms with van der Waals surface area (Å²) in [6.07, 6.45) is 5.20. The highest BCUT2D eigenvalue weighted by atomic mass is 35.5. The number of sulfonamides is 1. The third-order valence-electron chi connectivity index (χ3n) is 8.45. The maximum absolute atomic E-state index is 14.6. The Morgan fingerprint density at radius 3 is 2.11 bits per heavy atom. The molecule has 47 heavy (non-hydrogen) atoms. The number of hydrogen-bond acceptors (Lipinski definition) is 4. The highest BCUT2D eigenvalue weighted by Gasteiger charge is 2.35. The van der Waals surface area contributed by atoms with Crippen LogP contribution in [0, 0.1) is 6.92 Å². The van der Waals surface area contributed by atoms with E-state index in [0.717, 1.165) is 47.5 Å². The molecule has 0 saturated heterocycles. The van der Waals surface area contributed by atoms with Crippen molar-refractivity contribution in [1.82, 2.24) is 10.2 Å². The summed E-state index contributed by atoms with van der Waals surface area (Å²) >= 11 is 12.7. The zero-order valence-electron chi connectivity index (χ0n) is 26.3. The second-order valence-electron chi connectivity index (χ2n) is 12.0. The first kappa shape index (κ1) is 34.5. The fourth-order valence-electron chi connectivity index (χ4n) is 5.93. The van der Waals surface area contributed by atoms with E-state index in [1.807, 2.05) is 43.3 Å². The standard InChI is InChI=1S/C37H39Cl2N3O4S/c1-27-18-20-34(21-19-27)47(45,46)42(33-17-9-14-31(39)24-33)26-36(43)41(25-29-12-8-13-30(38)22-29)35(23-28-10-4-2-5-11-28)37(44)40-32-15-6-3-7-16-32/h2,4-5,8-14,17-22,24,32,35H,3,6-7,15-16,23,25-26H2,1H3,(H,40,44)/t35-/m0/s1. The molecule has 0 aromatic heterocycles. The minimum absolute atomic E-state index is 0.0162. The van der Waals surface area contributed by atoms with Gasteiger partial charge in [-0.2, -0.15) is 0 Å². The Kier molecular flexibility index (Phi) is 11.6. The van der Waals surface area contributed by atoms with Crippen molar-refractivity contribution >= 4 is 50.7 Å². The molecule has 246 valence electrons. The summed E-state index contributed by atoms with van der Waals surface area (Å²) in [5.74, 6) is -0.813. The van der Waals surface area contributed by atoms with Gasteiger partial charge in [0.1, 0.15) is 12.6 Å². The van der Waals surface area contributed by atoms with Crippen LogP contribution >= 0.6 is 23.2 Å². The van der Waals surface area contributed by atoms with Crippen LogP contribution in [0.1, 0.15) is 48.8 Å². The van der Waals surface area contributed by atoms with Gasteiger partial charge in [-0.15, -0.1) is 0 Å². The van der Waals surface area contributed by atoms with E-state index < -0.39 is 28.5 Å². The molecule has 1 N–H and O–H groups in total. The molecule has 0 bridgehead atoms. The van der Waals surface area contributed by atoms with Gasteiger partial charge in [0.15, 0.2) is 0 Å². The number of nitrogens with one attached hydrogen (secondary N) is 1. The largest absolute Gasteiger partial charge is 0.352 e. The average molecular weight is 693 g/mol. The fraction of sp³-hybridized carbons (Fsp3) is 0.297. The Morgan fingerprint density at radius 1 is 0.809 bits per heavy atom. The fourth-order valence-corrected chi connectivity index (χ4v) is 7.73. The molecule has 0 radical (unpaired) electrons. The molecule has 1 saturated carbocycles. The van der Waals surface area contributed by atoms with Crippen LogP contribution in [0.5, 0.6) is 0 Å². The lowest BCUT2D eigenvalue weighted by molar-refractivity contribution is -0.140. The van der Waals surface area contributed by atoms with Crippen LogP contribution in [0.25, 0.3) is 0 Å². The number of amides is 2. The van der Waals surface area contributed by atoms with Crippen molar-refractivity contribution < 1.29 is 18.0 Å². The van der Waals surface area contributed by atoms with Crippen molar-refractivity contribution in [3.63, 3.8) is 0 Å². The maximum Gasteiger partial charge on any atom is 0.264 e. The predicted octanol–water partition coefficient (Wildman–Crippen LogP) is 7.59. The normalized spacial score (nSPS) is 14.3. The molecular formula is C37H39Cl2N3O4S. The van der Waals surface area contributed by atoms with Gasteiger partial charge in [0, 0.05) is 29.1 Å². The van der Waals surface area contributed by atoms with Crippen LogP contribution in [0.15, 0.2) is 108 Å². The van der Waals surface area contributed by atoms with Gasteiger partial charge in [0.2, 0.25) is 11.8 Å². The number of anilines is 1. The van der Waals surface area contributed by atoms with E-state index in [1.165, 1.54) is 23.1 Å². The molecule has 0 heterocycles. The lowest BCUT2D eigenvalue weighted by Crippen LogP contribution is -2.55. The Hall–Kier alpha value is -3.85. The number of hydrogen-bond donors (Lipinski definition) is 1. The second-order valence-corrected chi connectivity index (χ2v) is 14.7. The molecule has 1 aliphatic carbocycles. The van der Waals surface area contributed by atoms with Crippen LogP contribution in [0.3, 0.4) is 0 Å². The minimum atomic E-state index is -4.22. The lowest BCUT2D eigenvalue weighted by Gasteiger charge is -2.35. The molecule has 0 spiro atoms. The number of halogens is 2. The minimum Gasteiger partial charge on any atom is -0.352 e. The molecule has 2 amide bonds. The Labute approximate surface area is 287 Å². The van der Waals surface area contributed by atoms with Gasteiger partial charge >= 0.3 is 0 Å². The van der Waals surface area contributed by atoms with Gasteiger partial charge in [0.25, 0.3) is 10.0 Å². The number of benzene rings is 4. The Balaban J connectivity index is 1.56. The first-order valence-electron chi connectivity index (χ1n) is 15.8. The van der Waals surface area contributed by atoms with E-state index in [4.69, 9.17) is 23.2 Å². The van der Waals surface area contributed by atoms with Crippen LogP contribution in [-0.2, 0) is 32.6 Å². The predicted molar refractivity (Wildman–Crippen MR) is 188 cm³/mol. The zero-order valence-corrected chi connectivity index (χ0v) is 28.6. The third kappa shape index (κ3) is 9.15. The van der Waals surface area contributed by atoms with Crippen molar-refractivity contribution in [2.75, 3.05) is 10.8 Å².